The van der Waals surface area contributed by atoms with Crippen molar-refractivity contribution in [2.45, 2.75) is 31.8 Å². The van der Waals surface area contributed by atoms with Crippen molar-refractivity contribution < 1.29 is 4.79 Å². The van der Waals surface area contributed by atoms with Gasteiger partial charge in [-0.3, -0.25) is 9.36 Å². The molecule has 0 saturated heterocycles. The summed E-state index contributed by atoms with van der Waals surface area (Å²) in [6.07, 6.45) is 4.46. The normalized spacial score (nSPS) is 16.7. The van der Waals surface area contributed by atoms with E-state index in [1.54, 1.807) is 27.8 Å². The Hall–Kier alpha value is -3.16. The van der Waals surface area contributed by atoms with Gasteiger partial charge in [-0.15, -0.1) is 0 Å². The molecular weight excluding hydrogens is 332 g/mol. The second-order valence-electron chi connectivity index (χ2n) is 6.94. The van der Waals surface area contributed by atoms with E-state index < -0.39 is 0 Å². The van der Waals surface area contributed by atoms with Crippen LogP contribution in [0.15, 0.2) is 29.2 Å². The largest absolute Gasteiger partial charge is 0.368 e. The molecule has 1 aliphatic heterocycles. The van der Waals surface area contributed by atoms with Gasteiger partial charge in [0, 0.05) is 24.3 Å². The molecule has 1 amide bonds. The van der Waals surface area contributed by atoms with Gasteiger partial charge in [-0.05, 0) is 43.0 Å². The molecule has 132 valence electrons. The lowest BCUT2D eigenvalue weighted by atomic mass is 10.1. The monoisotopic (exact) mass is 350 g/mol. The lowest BCUT2D eigenvalue weighted by Crippen LogP contribution is -2.36. The van der Waals surface area contributed by atoms with Crippen LogP contribution in [0, 0.1) is 0 Å². The number of hydrogen-bond acceptors (Lipinski definition) is 5. The Morgan fingerprint density at radius 3 is 2.96 bits per heavy atom. The van der Waals surface area contributed by atoms with E-state index >= 15 is 0 Å². The maximum absolute atomic E-state index is 13.0. The zero-order valence-corrected chi connectivity index (χ0v) is 14.1. The molecule has 0 spiro atoms. The fourth-order valence-electron chi connectivity index (χ4n) is 3.62. The van der Waals surface area contributed by atoms with E-state index in [-0.39, 0.29) is 23.6 Å². The molecule has 26 heavy (non-hydrogen) atoms. The topological polar surface area (TPSA) is 110 Å². The Bertz CT molecular complexity index is 1090. The van der Waals surface area contributed by atoms with Crippen molar-refractivity contribution in [3.05, 3.63) is 51.7 Å². The third-order valence-corrected chi connectivity index (χ3v) is 5.13. The molecule has 0 bridgehead atoms. The number of nitrogens with zero attached hydrogens (tertiary/aromatic N) is 4. The summed E-state index contributed by atoms with van der Waals surface area (Å²) in [5, 5.41) is 0. The summed E-state index contributed by atoms with van der Waals surface area (Å²) in [4.78, 5) is 38.1. The minimum absolute atomic E-state index is 0.0641. The molecule has 1 fully saturated rings. The van der Waals surface area contributed by atoms with Crippen molar-refractivity contribution in [2.75, 3.05) is 12.3 Å². The van der Waals surface area contributed by atoms with Crippen LogP contribution in [0.2, 0.25) is 0 Å². The number of hydrogen-bond donors (Lipinski definition) is 2. The number of H-pyrrole nitrogens is 1. The van der Waals surface area contributed by atoms with Crippen LogP contribution in [-0.4, -0.2) is 36.9 Å². The Kier molecular flexibility index (Phi) is 3.15. The molecule has 0 atom stereocenters. The van der Waals surface area contributed by atoms with Crippen LogP contribution >= 0.6 is 0 Å². The van der Waals surface area contributed by atoms with Crippen LogP contribution < -0.4 is 11.4 Å². The minimum Gasteiger partial charge on any atom is -0.368 e. The van der Waals surface area contributed by atoms with Crippen molar-refractivity contribution in [2.24, 2.45) is 0 Å². The average Bonchev–Trinajstić information content (AvgIpc) is 3.41. The molecule has 2 aliphatic rings. The zero-order valence-electron chi connectivity index (χ0n) is 14.1. The van der Waals surface area contributed by atoms with Crippen molar-refractivity contribution in [3.8, 4) is 0 Å². The van der Waals surface area contributed by atoms with Gasteiger partial charge in [0.1, 0.15) is 0 Å². The van der Waals surface area contributed by atoms with Gasteiger partial charge in [0.15, 0.2) is 0 Å². The van der Waals surface area contributed by atoms with Gasteiger partial charge in [-0.2, -0.15) is 0 Å². The minimum atomic E-state index is -0.105. The van der Waals surface area contributed by atoms with Crippen molar-refractivity contribution in [3.63, 3.8) is 0 Å². The number of anilines is 1. The fraction of sp³-hybridized carbons (Fsp3) is 0.333. The molecule has 1 saturated carbocycles. The number of carbonyl (C=O) groups is 1. The van der Waals surface area contributed by atoms with Crippen molar-refractivity contribution in [1.29, 1.82) is 0 Å². The average molecular weight is 350 g/mol. The van der Waals surface area contributed by atoms with Crippen LogP contribution in [0.5, 0.6) is 0 Å². The smallest absolute Gasteiger partial charge is 0.326 e. The predicted molar refractivity (Wildman–Crippen MR) is 95.7 cm³/mol. The first-order chi connectivity index (χ1) is 12.6. The first-order valence-corrected chi connectivity index (χ1v) is 8.74. The second-order valence-corrected chi connectivity index (χ2v) is 6.94. The number of fused-ring (bicyclic) bond motifs is 2. The number of amides is 1. The number of nitrogen functional groups attached to an aromatic ring is 1. The summed E-state index contributed by atoms with van der Waals surface area (Å²) in [5.74, 6) is 0.158. The van der Waals surface area contributed by atoms with Gasteiger partial charge >= 0.3 is 5.69 Å². The number of rotatable bonds is 2. The van der Waals surface area contributed by atoms with Crippen LogP contribution in [-0.2, 0) is 13.0 Å². The molecule has 3 N–H and O–H groups in total. The van der Waals surface area contributed by atoms with E-state index in [0.29, 0.717) is 25.1 Å². The molecule has 1 aromatic carbocycles. The third-order valence-electron chi connectivity index (χ3n) is 5.13. The summed E-state index contributed by atoms with van der Waals surface area (Å²) in [6, 6.07) is 5.64. The predicted octanol–water partition coefficient (Wildman–Crippen LogP) is 1.24. The standard InChI is InChI=1S/C18H18N6O2/c19-17-20-8-11-5-6-23(9-14(11)21-17)16(25)10-1-4-13-15(7-10)24(12-2-3-12)18(26)22-13/h1,4,7-8,12H,2-3,5-6,9H2,(H,22,26)(H2,19,20,21). The van der Waals surface area contributed by atoms with E-state index in [1.807, 2.05) is 6.07 Å². The molecule has 5 rings (SSSR count). The quantitative estimate of drug-likeness (QED) is 0.722. The van der Waals surface area contributed by atoms with Crippen LogP contribution in [0.3, 0.4) is 0 Å². The number of nitrogens with two attached hydrogens (primary N) is 1. The number of benzene rings is 1. The Balaban J connectivity index is 1.49. The molecule has 8 heteroatoms. The van der Waals surface area contributed by atoms with E-state index in [2.05, 4.69) is 15.0 Å². The zero-order chi connectivity index (χ0) is 17.8. The van der Waals surface area contributed by atoms with Gasteiger partial charge in [0.2, 0.25) is 5.95 Å². The van der Waals surface area contributed by atoms with Crippen molar-refractivity contribution >= 4 is 22.9 Å². The Labute approximate surface area is 148 Å². The highest BCUT2D eigenvalue weighted by Gasteiger charge is 2.28. The first kappa shape index (κ1) is 15.1. The lowest BCUT2D eigenvalue weighted by Gasteiger charge is -2.28. The number of carbonyl (C=O) groups excluding carboxylic acids is 1. The number of nitrogens with one attached hydrogen (secondary N) is 1. The number of aromatic amines is 1. The summed E-state index contributed by atoms with van der Waals surface area (Å²) in [6.45, 7) is 1.03. The Morgan fingerprint density at radius 1 is 1.31 bits per heavy atom. The SMILES string of the molecule is Nc1ncc2c(n1)CN(C(=O)c1ccc3[nH]c(=O)n(C4CC4)c3c1)CC2. The Morgan fingerprint density at radius 2 is 2.15 bits per heavy atom. The molecule has 2 aromatic heterocycles. The van der Waals surface area contributed by atoms with Crippen LogP contribution in [0.4, 0.5) is 5.95 Å². The van der Waals surface area contributed by atoms with Gasteiger partial charge in [0.25, 0.3) is 5.91 Å². The van der Waals surface area contributed by atoms with Crippen molar-refractivity contribution in [1.82, 2.24) is 24.4 Å². The van der Waals surface area contributed by atoms with Gasteiger partial charge in [-0.1, -0.05) is 0 Å². The lowest BCUT2D eigenvalue weighted by molar-refractivity contribution is 0.0732. The molecular formula is C18H18N6O2. The van der Waals surface area contributed by atoms with Gasteiger partial charge in [-0.25, -0.2) is 14.8 Å². The molecule has 8 nitrogen and oxygen atoms in total. The summed E-state index contributed by atoms with van der Waals surface area (Å²) in [5.41, 5.74) is 9.54. The summed E-state index contributed by atoms with van der Waals surface area (Å²) in [7, 11) is 0. The molecule has 0 radical (unpaired) electrons. The molecule has 3 heterocycles. The van der Waals surface area contributed by atoms with E-state index in [4.69, 9.17) is 5.73 Å². The highest BCUT2D eigenvalue weighted by Crippen LogP contribution is 2.35. The van der Waals surface area contributed by atoms with E-state index in [1.165, 1.54) is 0 Å². The fourth-order valence-corrected chi connectivity index (χ4v) is 3.62. The molecule has 0 unspecified atom stereocenters. The summed E-state index contributed by atoms with van der Waals surface area (Å²) < 4.78 is 1.77. The first-order valence-electron chi connectivity index (χ1n) is 8.74. The number of aromatic nitrogens is 4. The van der Waals surface area contributed by atoms with Crippen LogP contribution in [0.1, 0.15) is 40.5 Å². The van der Waals surface area contributed by atoms with Gasteiger partial charge in [0.05, 0.1) is 23.3 Å². The third kappa shape index (κ3) is 2.37. The van der Waals surface area contributed by atoms with E-state index in [0.717, 1.165) is 35.1 Å². The molecule has 3 aromatic rings. The number of imidazole rings is 1. The highest BCUT2D eigenvalue weighted by molar-refractivity contribution is 5.97. The molecule has 1 aliphatic carbocycles. The maximum Gasteiger partial charge on any atom is 0.326 e. The highest BCUT2D eigenvalue weighted by atomic mass is 16.2. The van der Waals surface area contributed by atoms with E-state index in [9.17, 15) is 9.59 Å². The summed E-state index contributed by atoms with van der Waals surface area (Å²) >= 11 is 0. The second kappa shape index (κ2) is 5.42. The van der Waals surface area contributed by atoms with Gasteiger partial charge < -0.3 is 15.6 Å². The maximum atomic E-state index is 13.0. The van der Waals surface area contributed by atoms with Crippen LogP contribution in [0.25, 0.3) is 11.0 Å².